The highest BCUT2D eigenvalue weighted by molar-refractivity contribution is 5.64. The van der Waals surface area contributed by atoms with Crippen LogP contribution in [0.25, 0.3) is 11.1 Å². The van der Waals surface area contributed by atoms with Crippen molar-refractivity contribution in [3.63, 3.8) is 0 Å². The van der Waals surface area contributed by atoms with Crippen LogP contribution in [-0.4, -0.2) is 18.0 Å². The molecule has 0 spiro atoms. The molecule has 1 saturated heterocycles. The van der Waals surface area contributed by atoms with Crippen LogP contribution in [0.3, 0.4) is 0 Å². The van der Waals surface area contributed by atoms with Gasteiger partial charge in [0.1, 0.15) is 0 Å². The smallest absolute Gasteiger partial charge is 0.0233 e. The van der Waals surface area contributed by atoms with Gasteiger partial charge >= 0.3 is 0 Å². The molecule has 0 saturated carbocycles. The second-order valence-corrected chi connectivity index (χ2v) is 8.33. The molecule has 1 heteroatoms. The van der Waals surface area contributed by atoms with E-state index in [2.05, 4.69) is 81.1 Å². The molecule has 1 heterocycles. The van der Waals surface area contributed by atoms with Crippen LogP contribution in [0.4, 0.5) is 0 Å². The molecule has 0 bridgehead atoms. The first-order chi connectivity index (χ1) is 12.0. The summed E-state index contributed by atoms with van der Waals surface area (Å²) in [6.07, 6.45) is 2.72. The minimum absolute atomic E-state index is 0.577. The lowest BCUT2D eigenvalue weighted by molar-refractivity contribution is 0.152. The van der Waals surface area contributed by atoms with E-state index in [0.29, 0.717) is 5.92 Å². The Hall–Kier alpha value is -1.60. The maximum atomic E-state index is 2.62. The Morgan fingerprint density at radius 1 is 0.880 bits per heavy atom. The standard InChI is InChI=1S/C24H33N/c1-18(2)21-12-14-25(15-13-21)17-20-8-10-22(11-9-20)24-7-5-6-23(16-24)19(3)4/h5-11,16,18-19,21H,12-15,17H2,1-4H3. The normalized spacial score (nSPS) is 16.7. The summed E-state index contributed by atoms with van der Waals surface area (Å²) in [4.78, 5) is 2.62. The molecule has 0 unspecified atom stereocenters. The minimum atomic E-state index is 0.577. The van der Waals surface area contributed by atoms with E-state index in [1.807, 2.05) is 0 Å². The number of hydrogen-bond donors (Lipinski definition) is 0. The van der Waals surface area contributed by atoms with Crippen molar-refractivity contribution in [1.82, 2.24) is 4.90 Å². The third-order valence-electron chi connectivity index (χ3n) is 5.82. The first kappa shape index (κ1) is 18.2. The summed E-state index contributed by atoms with van der Waals surface area (Å²) in [6.45, 7) is 12.8. The maximum absolute atomic E-state index is 2.62. The molecule has 2 aromatic rings. The van der Waals surface area contributed by atoms with Gasteiger partial charge in [0.15, 0.2) is 0 Å². The summed E-state index contributed by atoms with van der Waals surface area (Å²) in [5.41, 5.74) is 5.50. The molecule has 25 heavy (non-hydrogen) atoms. The van der Waals surface area contributed by atoms with E-state index in [0.717, 1.165) is 18.4 Å². The summed E-state index contributed by atoms with van der Waals surface area (Å²) in [7, 11) is 0. The van der Waals surface area contributed by atoms with Gasteiger partial charge < -0.3 is 0 Å². The van der Waals surface area contributed by atoms with Gasteiger partial charge in [0.2, 0.25) is 0 Å². The van der Waals surface area contributed by atoms with E-state index < -0.39 is 0 Å². The number of piperidine rings is 1. The molecular weight excluding hydrogens is 302 g/mol. The van der Waals surface area contributed by atoms with E-state index >= 15 is 0 Å². The zero-order valence-electron chi connectivity index (χ0n) is 16.3. The molecule has 1 fully saturated rings. The van der Waals surface area contributed by atoms with Gasteiger partial charge in [0, 0.05) is 6.54 Å². The van der Waals surface area contributed by atoms with Crippen LogP contribution in [0.5, 0.6) is 0 Å². The van der Waals surface area contributed by atoms with E-state index in [1.54, 1.807) is 0 Å². The highest BCUT2D eigenvalue weighted by Gasteiger charge is 2.21. The monoisotopic (exact) mass is 335 g/mol. The molecule has 1 aliphatic rings. The summed E-state index contributed by atoms with van der Waals surface area (Å²) in [5, 5.41) is 0. The molecule has 134 valence electrons. The van der Waals surface area contributed by atoms with Crippen LogP contribution in [0.15, 0.2) is 48.5 Å². The second kappa shape index (κ2) is 8.19. The summed E-state index contributed by atoms with van der Waals surface area (Å²) in [5.74, 6) is 2.34. The predicted octanol–water partition coefficient (Wildman–Crippen LogP) is 6.35. The van der Waals surface area contributed by atoms with Crippen molar-refractivity contribution in [3.8, 4) is 11.1 Å². The van der Waals surface area contributed by atoms with E-state index in [4.69, 9.17) is 0 Å². The molecule has 0 atom stereocenters. The van der Waals surface area contributed by atoms with Crippen molar-refractivity contribution in [3.05, 3.63) is 59.7 Å². The van der Waals surface area contributed by atoms with E-state index in [1.165, 1.54) is 48.2 Å². The Labute approximate surface area is 154 Å². The van der Waals surface area contributed by atoms with E-state index in [9.17, 15) is 0 Å². The largest absolute Gasteiger partial charge is 0.299 e. The SMILES string of the molecule is CC(C)c1cccc(-c2ccc(CN3CCC(C(C)C)CC3)cc2)c1. The molecule has 3 rings (SSSR count). The van der Waals surface area contributed by atoms with Gasteiger partial charge in [0.25, 0.3) is 0 Å². The fraction of sp³-hybridized carbons (Fsp3) is 0.500. The summed E-state index contributed by atoms with van der Waals surface area (Å²) in [6, 6.07) is 18.2. The zero-order chi connectivity index (χ0) is 17.8. The van der Waals surface area contributed by atoms with Crippen LogP contribution in [0.2, 0.25) is 0 Å². The molecule has 0 aromatic heterocycles. The third kappa shape index (κ3) is 4.73. The topological polar surface area (TPSA) is 3.24 Å². The van der Waals surface area contributed by atoms with Gasteiger partial charge in [-0.05, 0) is 65.9 Å². The second-order valence-electron chi connectivity index (χ2n) is 8.33. The van der Waals surface area contributed by atoms with E-state index in [-0.39, 0.29) is 0 Å². The lowest BCUT2D eigenvalue weighted by Crippen LogP contribution is -2.34. The number of hydrogen-bond acceptors (Lipinski definition) is 1. The summed E-state index contributed by atoms with van der Waals surface area (Å²) < 4.78 is 0. The van der Waals surface area contributed by atoms with Crippen molar-refractivity contribution in [2.24, 2.45) is 11.8 Å². The van der Waals surface area contributed by atoms with Crippen LogP contribution in [0, 0.1) is 11.8 Å². The molecule has 1 aliphatic heterocycles. The van der Waals surface area contributed by atoms with Gasteiger partial charge in [-0.25, -0.2) is 0 Å². The highest BCUT2D eigenvalue weighted by atomic mass is 15.1. The lowest BCUT2D eigenvalue weighted by Gasteiger charge is -2.33. The highest BCUT2D eigenvalue weighted by Crippen LogP contribution is 2.27. The molecule has 0 N–H and O–H groups in total. The van der Waals surface area contributed by atoms with Crippen molar-refractivity contribution in [2.45, 2.75) is 53.0 Å². The van der Waals surface area contributed by atoms with Gasteiger partial charge in [-0.15, -0.1) is 0 Å². The fourth-order valence-electron chi connectivity index (χ4n) is 3.92. The average Bonchev–Trinajstić information content (AvgIpc) is 2.63. The molecule has 0 aliphatic carbocycles. The minimum Gasteiger partial charge on any atom is -0.299 e. The van der Waals surface area contributed by atoms with Crippen molar-refractivity contribution in [1.29, 1.82) is 0 Å². The van der Waals surface area contributed by atoms with Gasteiger partial charge in [-0.2, -0.15) is 0 Å². The number of likely N-dealkylation sites (tertiary alicyclic amines) is 1. The molecule has 0 amide bonds. The quantitative estimate of drug-likeness (QED) is 0.616. The Morgan fingerprint density at radius 3 is 2.16 bits per heavy atom. The van der Waals surface area contributed by atoms with Gasteiger partial charge in [0.05, 0.1) is 0 Å². The molecule has 1 nitrogen and oxygen atoms in total. The number of nitrogens with zero attached hydrogens (tertiary/aromatic N) is 1. The molecular formula is C24H33N. The average molecular weight is 336 g/mol. The van der Waals surface area contributed by atoms with Gasteiger partial charge in [-0.3, -0.25) is 4.90 Å². The number of benzene rings is 2. The molecule has 0 radical (unpaired) electrons. The number of rotatable bonds is 5. The predicted molar refractivity (Wildman–Crippen MR) is 109 cm³/mol. The maximum Gasteiger partial charge on any atom is 0.0233 e. The Morgan fingerprint density at radius 2 is 1.56 bits per heavy atom. The van der Waals surface area contributed by atoms with Crippen LogP contribution >= 0.6 is 0 Å². The Balaban J connectivity index is 1.62. The Bertz CT molecular complexity index is 661. The third-order valence-corrected chi connectivity index (χ3v) is 5.82. The van der Waals surface area contributed by atoms with Gasteiger partial charge in [-0.1, -0.05) is 76.2 Å². The van der Waals surface area contributed by atoms with Crippen LogP contribution in [-0.2, 0) is 6.54 Å². The van der Waals surface area contributed by atoms with Crippen molar-refractivity contribution < 1.29 is 0 Å². The first-order valence-electron chi connectivity index (χ1n) is 9.94. The summed E-state index contributed by atoms with van der Waals surface area (Å²) >= 11 is 0. The van der Waals surface area contributed by atoms with Crippen LogP contribution in [0.1, 0.15) is 57.6 Å². The lowest BCUT2D eigenvalue weighted by atomic mass is 9.86. The first-order valence-corrected chi connectivity index (χ1v) is 9.94. The molecule has 2 aromatic carbocycles. The Kier molecular flexibility index (Phi) is 5.96. The van der Waals surface area contributed by atoms with Crippen molar-refractivity contribution in [2.75, 3.05) is 13.1 Å². The zero-order valence-corrected chi connectivity index (χ0v) is 16.3. The van der Waals surface area contributed by atoms with Crippen molar-refractivity contribution >= 4 is 0 Å². The van der Waals surface area contributed by atoms with Crippen LogP contribution < -0.4 is 0 Å². The fourth-order valence-corrected chi connectivity index (χ4v) is 3.92.